The number of rotatable bonds is 6. The van der Waals surface area contributed by atoms with Gasteiger partial charge in [0.2, 0.25) is 11.1 Å². The SMILES string of the molecule is NC(=O)Cn1nnnc1SCC1=C(C(=O)O)N2C(=O)[C@@H]3[C@H]2[C@@H](CN3C(=O)O)O1. The number of nitrogens with zero attached hydrogens (tertiary/aromatic N) is 6. The average Bonchev–Trinajstić information content (AvgIpc) is 3.20. The molecular weight excluding hydrogens is 398 g/mol. The minimum Gasteiger partial charge on any atom is -0.487 e. The number of hydrogen-bond donors (Lipinski definition) is 3. The second-order valence-corrected chi connectivity index (χ2v) is 7.13. The van der Waals surface area contributed by atoms with Crippen LogP contribution in [0.3, 0.4) is 0 Å². The van der Waals surface area contributed by atoms with Crippen molar-refractivity contribution in [3.05, 3.63) is 11.5 Å². The van der Waals surface area contributed by atoms with E-state index in [2.05, 4.69) is 15.5 Å². The summed E-state index contributed by atoms with van der Waals surface area (Å²) in [6.45, 7) is -0.307. The molecule has 4 N–H and O–H groups in total. The van der Waals surface area contributed by atoms with Gasteiger partial charge in [-0.1, -0.05) is 11.8 Å². The Hall–Kier alpha value is -3.36. The Morgan fingerprint density at radius 1 is 1.32 bits per heavy atom. The Kier molecular flexibility index (Phi) is 4.10. The fourth-order valence-electron chi connectivity index (χ4n) is 3.53. The number of β-lactam (4-membered cyclic amide) rings is 1. The topological polar surface area (TPSA) is 194 Å². The Bertz CT molecular complexity index is 930. The smallest absolute Gasteiger partial charge is 0.408 e. The summed E-state index contributed by atoms with van der Waals surface area (Å²) in [6.07, 6.45) is -1.94. The van der Waals surface area contributed by atoms with Crippen LogP contribution >= 0.6 is 11.8 Å². The highest BCUT2D eigenvalue weighted by molar-refractivity contribution is 7.99. The number of ether oxygens (including phenoxy) is 1. The molecule has 0 bridgehead atoms. The summed E-state index contributed by atoms with van der Waals surface area (Å²) in [4.78, 5) is 48.6. The zero-order valence-corrected chi connectivity index (χ0v) is 14.8. The second-order valence-electron chi connectivity index (χ2n) is 6.19. The number of carbonyl (C=O) groups excluding carboxylic acids is 2. The van der Waals surface area contributed by atoms with E-state index in [1.807, 2.05) is 0 Å². The van der Waals surface area contributed by atoms with Crippen molar-refractivity contribution in [1.82, 2.24) is 30.0 Å². The molecule has 3 atom stereocenters. The zero-order valence-electron chi connectivity index (χ0n) is 14.0. The third-order valence-corrected chi connectivity index (χ3v) is 5.55. The number of carboxylic acid groups (broad SMARTS) is 2. The van der Waals surface area contributed by atoms with Crippen molar-refractivity contribution in [1.29, 1.82) is 0 Å². The summed E-state index contributed by atoms with van der Waals surface area (Å²) < 4.78 is 6.89. The molecule has 0 spiro atoms. The minimum absolute atomic E-state index is 0.00795. The number of hydrogen-bond acceptors (Lipinski definition) is 9. The minimum atomic E-state index is -1.37. The van der Waals surface area contributed by atoms with Gasteiger partial charge in [0.25, 0.3) is 5.91 Å². The first-order chi connectivity index (χ1) is 13.3. The number of aliphatic carboxylic acids is 1. The number of nitrogens with two attached hydrogens (primary N) is 1. The molecule has 1 aromatic rings. The van der Waals surface area contributed by atoms with Crippen LogP contribution in [0.15, 0.2) is 16.6 Å². The number of carboxylic acids is 1. The molecule has 2 fully saturated rings. The summed E-state index contributed by atoms with van der Waals surface area (Å²) in [5.74, 6) is -2.69. The summed E-state index contributed by atoms with van der Waals surface area (Å²) in [6, 6.07) is -1.60. The van der Waals surface area contributed by atoms with Gasteiger partial charge in [0.15, 0.2) is 5.70 Å². The molecule has 2 saturated heterocycles. The van der Waals surface area contributed by atoms with Crippen LogP contribution in [0, 0.1) is 0 Å². The average molecular weight is 411 g/mol. The van der Waals surface area contributed by atoms with Gasteiger partial charge in [0.05, 0.1) is 12.3 Å². The molecule has 14 nitrogen and oxygen atoms in total. The standard InChI is InChI=1S/C13H13N7O7S/c14-6(21)2-19-12(15-16-17-19)28-3-5-8(11(23)24)20-7-4(27-5)1-18(13(25)26)9(7)10(20)22/h4,7,9H,1-3H2,(H2,14,21)(H,23,24)(H,25,26)/t4-,7-,9+/m1/s1. The highest BCUT2D eigenvalue weighted by Gasteiger charge is 2.65. The van der Waals surface area contributed by atoms with Gasteiger partial charge in [0, 0.05) is 0 Å². The van der Waals surface area contributed by atoms with E-state index < -0.39 is 42.1 Å². The quantitative estimate of drug-likeness (QED) is 0.331. The molecule has 148 valence electrons. The van der Waals surface area contributed by atoms with Crippen LogP contribution in [0.5, 0.6) is 0 Å². The number of thioether (sulfide) groups is 1. The van der Waals surface area contributed by atoms with Crippen LogP contribution in [0.1, 0.15) is 0 Å². The van der Waals surface area contributed by atoms with E-state index in [1.165, 1.54) is 0 Å². The van der Waals surface area contributed by atoms with Crippen molar-refractivity contribution in [3.8, 4) is 0 Å². The Morgan fingerprint density at radius 3 is 2.71 bits per heavy atom. The van der Waals surface area contributed by atoms with Gasteiger partial charge < -0.3 is 20.7 Å². The number of likely N-dealkylation sites (tertiary alicyclic amines) is 1. The zero-order chi connectivity index (χ0) is 20.2. The van der Waals surface area contributed by atoms with Gasteiger partial charge >= 0.3 is 12.1 Å². The van der Waals surface area contributed by atoms with Crippen molar-refractivity contribution in [2.24, 2.45) is 5.73 Å². The molecule has 0 saturated carbocycles. The van der Waals surface area contributed by atoms with E-state index in [0.29, 0.717) is 0 Å². The molecular formula is C13H13N7O7S. The number of aromatic nitrogens is 4. The molecule has 28 heavy (non-hydrogen) atoms. The first kappa shape index (κ1) is 18.0. The van der Waals surface area contributed by atoms with Crippen LogP contribution in [-0.2, 0) is 25.7 Å². The number of tetrazole rings is 1. The van der Waals surface area contributed by atoms with E-state index in [4.69, 9.17) is 10.5 Å². The summed E-state index contributed by atoms with van der Waals surface area (Å²) in [7, 11) is 0. The van der Waals surface area contributed by atoms with E-state index in [1.54, 1.807) is 0 Å². The van der Waals surface area contributed by atoms with Crippen molar-refractivity contribution < 1.29 is 34.1 Å². The molecule has 3 aliphatic rings. The van der Waals surface area contributed by atoms with E-state index in [-0.39, 0.29) is 35.5 Å². The summed E-state index contributed by atoms with van der Waals surface area (Å²) in [5.41, 5.74) is 4.78. The third-order valence-electron chi connectivity index (χ3n) is 4.59. The van der Waals surface area contributed by atoms with Gasteiger partial charge in [-0.2, -0.15) is 0 Å². The van der Waals surface area contributed by atoms with Crippen molar-refractivity contribution in [2.45, 2.75) is 29.9 Å². The molecule has 15 heteroatoms. The normalized spacial score (nSPS) is 25.3. The highest BCUT2D eigenvalue weighted by atomic mass is 32.2. The second kappa shape index (κ2) is 6.36. The molecule has 4 heterocycles. The van der Waals surface area contributed by atoms with Crippen LogP contribution in [0.25, 0.3) is 0 Å². The van der Waals surface area contributed by atoms with Gasteiger partial charge in [-0.25, -0.2) is 14.3 Å². The van der Waals surface area contributed by atoms with Crippen molar-refractivity contribution >= 4 is 35.6 Å². The fraction of sp³-hybridized carbons (Fsp3) is 0.462. The lowest BCUT2D eigenvalue weighted by molar-refractivity contribution is -0.160. The predicted molar refractivity (Wildman–Crippen MR) is 86.4 cm³/mol. The lowest BCUT2D eigenvalue weighted by Gasteiger charge is -2.48. The maximum Gasteiger partial charge on any atom is 0.408 e. The molecule has 1 aromatic heterocycles. The molecule has 0 aromatic carbocycles. The monoisotopic (exact) mass is 411 g/mol. The van der Waals surface area contributed by atoms with Gasteiger partial charge in [-0.05, 0) is 10.4 Å². The predicted octanol–water partition coefficient (Wildman–Crippen LogP) is -2.48. The molecule has 3 aliphatic heterocycles. The highest BCUT2D eigenvalue weighted by Crippen LogP contribution is 2.44. The molecule has 0 radical (unpaired) electrons. The first-order valence-electron chi connectivity index (χ1n) is 7.92. The largest absolute Gasteiger partial charge is 0.487 e. The number of primary amides is 1. The molecule has 4 rings (SSSR count). The van der Waals surface area contributed by atoms with Crippen LogP contribution < -0.4 is 5.73 Å². The third kappa shape index (κ3) is 2.62. The Morgan fingerprint density at radius 2 is 2.07 bits per heavy atom. The summed E-state index contributed by atoms with van der Waals surface area (Å²) in [5, 5.41) is 29.8. The molecule has 0 unspecified atom stereocenters. The van der Waals surface area contributed by atoms with Crippen LogP contribution in [0.2, 0.25) is 0 Å². The maximum atomic E-state index is 12.4. The van der Waals surface area contributed by atoms with Crippen molar-refractivity contribution in [3.63, 3.8) is 0 Å². The lowest BCUT2D eigenvalue weighted by Crippen LogP contribution is -2.70. The van der Waals surface area contributed by atoms with Crippen molar-refractivity contribution in [2.75, 3.05) is 12.3 Å². The van der Waals surface area contributed by atoms with Crippen LogP contribution in [-0.4, -0.2) is 94.6 Å². The van der Waals surface area contributed by atoms with E-state index in [0.717, 1.165) is 26.2 Å². The summed E-state index contributed by atoms with van der Waals surface area (Å²) >= 11 is 0.990. The molecule has 3 amide bonds. The molecule has 0 aliphatic carbocycles. The maximum absolute atomic E-state index is 12.4. The van der Waals surface area contributed by atoms with Gasteiger partial charge in [-0.3, -0.25) is 19.4 Å². The van der Waals surface area contributed by atoms with Gasteiger partial charge in [0.1, 0.15) is 30.5 Å². The van der Waals surface area contributed by atoms with E-state index >= 15 is 0 Å². The first-order valence-corrected chi connectivity index (χ1v) is 8.91. The number of amides is 3. The van der Waals surface area contributed by atoms with E-state index in [9.17, 15) is 29.4 Å². The van der Waals surface area contributed by atoms with Crippen LogP contribution in [0.4, 0.5) is 4.79 Å². The lowest BCUT2D eigenvalue weighted by atomic mass is 9.91. The van der Waals surface area contributed by atoms with Gasteiger partial charge in [-0.15, -0.1) is 5.10 Å². The number of carbonyl (C=O) groups is 4. The Labute approximate surface area is 159 Å². The fourth-order valence-corrected chi connectivity index (χ4v) is 4.34. The Balaban J connectivity index is 1.58.